The molecule has 0 atom stereocenters. The van der Waals surface area contributed by atoms with Crippen LogP contribution in [0.25, 0.3) is 0 Å². The Morgan fingerprint density at radius 2 is 1.83 bits per heavy atom. The largest absolute Gasteiger partial charge is 0.491 e. The van der Waals surface area contributed by atoms with E-state index in [0.717, 1.165) is 24.8 Å². The van der Waals surface area contributed by atoms with Crippen LogP contribution in [-0.2, 0) is 0 Å². The lowest BCUT2D eigenvalue weighted by Gasteiger charge is -2.36. The van der Waals surface area contributed by atoms with Crippen LogP contribution in [0.5, 0.6) is 5.75 Å². The average molecular weight is 526 g/mol. The molecule has 2 heterocycles. The molecule has 1 N–H and O–H groups in total. The number of nitrogens with one attached hydrogen (secondary N) is 1. The summed E-state index contributed by atoms with van der Waals surface area (Å²) in [4.78, 5) is 20.7. The molecular formula is C22H31IN4O3. The Morgan fingerprint density at radius 3 is 2.47 bits per heavy atom. The van der Waals surface area contributed by atoms with Crippen LogP contribution >= 0.6 is 24.0 Å². The molecule has 0 unspecified atom stereocenters. The molecule has 164 valence electrons. The van der Waals surface area contributed by atoms with Crippen molar-refractivity contribution in [1.82, 2.24) is 15.1 Å². The number of halogens is 1. The fourth-order valence-corrected chi connectivity index (χ4v) is 3.42. The Balaban J connectivity index is 0.00000320. The van der Waals surface area contributed by atoms with Crippen LogP contribution in [-0.4, -0.2) is 68.0 Å². The molecule has 1 aromatic heterocycles. The molecular weight excluding hydrogens is 495 g/mol. The van der Waals surface area contributed by atoms with Gasteiger partial charge < -0.3 is 24.3 Å². The quantitative estimate of drug-likeness (QED) is 0.271. The molecule has 8 heteroatoms. The summed E-state index contributed by atoms with van der Waals surface area (Å²) >= 11 is 0. The first-order chi connectivity index (χ1) is 14.1. The van der Waals surface area contributed by atoms with Crippen LogP contribution in [0.4, 0.5) is 0 Å². The topological polar surface area (TPSA) is 70.3 Å². The highest BCUT2D eigenvalue weighted by Crippen LogP contribution is 2.25. The summed E-state index contributed by atoms with van der Waals surface area (Å²) in [5, 5.41) is 3.36. The van der Waals surface area contributed by atoms with Crippen LogP contribution in [0.1, 0.15) is 35.9 Å². The number of carbonyl (C=O) groups excluding carboxylic acids is 1. The number of guanidine groups is 1. The number of aliphatic imine (C=N–C) groups is 1. The van der Waals surface area contributed by atoms with Gasteiger partial charge >= 0.3 is 0 Å². The van der Waals surface area contributed by atoms with E-state index in [-0.39, 0.29) is 29.9 Å². The maximum atomic E-state index is 12.4. The predicted octanol–water partition coefficient (Wildman–Crippen LogP) is 3.43. The van der Waals surface area contributed by atoms with Crippen molar-refractivity contribution in [3.63, 3.8) is 0 Å². The molecule has 1 saturated heterocycles. The molecule has 0 aliphatic carbocycles. The Hall–Kier alpha value is -2.23. The van der Waals surface area contributed by atoms with E-state index in [4.69, 9.17) is 9.15 Å². The van der Waals surface area contributed by atoms with Gasteiger partial charge in [-0.1, -0.05) is 32.0 Å². The van der Waals surface area contributed by atoms with E-state index in [2.05, 4.69) is 35.1 Å². The molecule has 0 radical (unpaired) electrons. The number of furan rings is 1. The molecule has 0 spiro atoms. The van der Waals surface area contributed by atoms with E-state index >= 15 is 0 Å². The number of benzene rings is 1. The minimum absolute atomic E-state index is 0. The van der Waals surface area contributed by atoms with Gasteiger partial charge in [-0.3, -0.25) is 9.79 Å². The van der Waals surface area contributed by atoms with Gasteiger partial charge in [0.25, 0.3) is 5.91 Å². The minimum Gasteiger partial charge on any atom is -0.491 e. The van der Waals surface area contributed by atoms with Gasteiger partial charge in [0.1, 0.15) is 12.4 Å². The van der Waals surface area contributed by atoms with E-state index in [1.807, 2.05) is 23.1 Å². The number of nitrogens with zero attached hydrogens (tertiary/aromatic N) is 3. The van der Waals surface area contributed by atoms with Crippen molar-refractivity contribution in [2.45, 2.75) is 19.8 Å². The number of para-hydroxylation sites is 1. The molecule has 30 heavy (non-hydrogen) atoms. The first-order valence-corrected chi connectivity index (χ1v) is 10.1. The van der Waals surface area contributed by atoms with Crippen LogP contribution in [0.15, 0.2) is 52.1 Å². The maximum Gasteiger partial charge on any atom is 0.289 e. The molecule has 1 fully saturated rings. The number of piperazine rings is 1. The molecule has 1 aliphatic rings. The van der Waals surface area contributed by atoms with Crippen molar-refractivity contribution >= 4 is 35.8 Å². The molecule has 0 saturated carbocycles. The van der Waals surface area contributed by atoms with Gasteiger partial charge in [-0.05, 0) is 29.7 Å². The third-order valence-electron chi connectivity index (χ3n) is 4.99. The Labute approximate surface area is 195 Å². The smallest absolute Gasteiger partial charge is 0.289 e. The van der Waals surface area contributed by atoms with Gasteiger partial charge in [0.2, 0.25) is 0 Å². The third kappa shape index (κ3) is 6.13. The molecule has 7 nitrogen and oxygen atoms in total. The second-order valence-corrected chi connectivity index (χ2v) is 7.27. The summed E-state index contributed by atoms with van der Waals surface area (Å²) in [6, 6.07) is 11.6. The molecule has 1 amide bonds. The number of hydrogen-bond donors (Lipinski definition) is 1. The average Bonchev–Trinajstić information content (AvgIpc) is 3.28. The zero-order chi connectivity index (χ0) is 20.6. The van der Waals surface area contributed by atoms with Crippen molar-refractivity contribution in [2.75, 3.05) is 46.4 Å². The first kappa shape index (κ1) is 24.0. The molecule has 2 aromatic rings. The Morgan fingerprint density at radius 1 is 1.13 bits per heavy atom. The van der Waals surface area contributed by atoms with Gasteiger partial charge in [0.15, 0.2) is 11.7 Å². The van der Waals surface area contributed by atoms with Gasteiger partial charge in [0.05, 0.1) is 12.8 Å². The van der Waals surface area contributed by atoms with Crippen LogP contribution < -0.4 is 10.1 Å². The highest BCUT2D eigenvalue weighted by atomic mass is 127. The van der Waals surface area contributed by atoms with E-state index in [1.165, 1.54) is 11.8 Å². The second kappa shape index (κ2) is 11.8. The van der Waals surface area contributed by atoms with Gasteiger partial charge in [-0.2, -0.15) is 0 Å². The summed E-state index contributed by atoms with van der Waals surface area (Å²) in [5.74, 6) is 2.52. The zero-order valence-corrected chi connectivity index (χ0v) is 20.2. The summed E-state index contributed by atoms with van der Waals surface area (Å²) < 4.78 is 11.2. The lowest BCUT2D eigenvalue weighted by molar-refractivity contribution is 0.0657. The van der Waals surface area contributed by atoms with Crippen molar-refractivity contribution in [2.24, 2.45) is 4.99 Å². The van der Waals surface area contributed by atoms with E-state index < -0.39 is 0 Å². The fraction of sp³-hybridized carbons (Fsp3) is 0.455. The van der Waals surface area contributed by atoms with Gasteiger partial charge in [-0.15, -0.1) is 24.0 Å². The van der Waals surface area contributed by atoms with E-state index in [9.17, 15) is 4.79 Å². The number of amides is 1. The van der Waals surface area contributed by atoms with Crippen LogP contribution in [0.3, 0.4) is 0 Å². The molecule has 1 aliphatic heterocycles. The summed E-state index contributed by atoms with van der Waals surface area (Å²) in [6.45, 7) is 8.27. The van der Waals surface area contributed by atoms with E-state index in [1.54, 1.807) is 19.2 Å². The number of hydrogen-bond acceptors (Lipinski definition) is 4. The summed E-state index contributed by atoms with van der Waals surface area (Å²) in [6.07, 6.45) is 1.52. The highest BCUT2D eigenvalue weighted by molar-refractivity contribution is 14.0. The van der Waals surface area contributed by atoms with Crippen LogP contribution in [0, 0.1) is 0 Å². The maximum absolute atomic E-state index is 12.4. The second-order valence-electron chi connectivity index (χ2n) is 7.27. The standard InChI is InChI=1S/C22H30N4O3.HI/c1-17(2)18-7-4-5-8-19(18)29-16-10-24-22(23-3)26-13-11-25(12-14-26)21(27)20-9-6-15-28-20;/h4-9,15,17H,10-14,16H2,1-3H3,(H,23,24);1H. The number of carbonyl (C=O) groups is 1. The highest BCUT2D eigenvalue weighted by Gasteiger charge is 2.25. The predicted molar refractivity (Wildman–Crippen MR) is 129 cm³/mol. The number of ether oxygens (including phenoxy) is 1. The lowest BCUT2D eigenvalue weighted by atomic mass is 10.0. The van der Waals surface area contributed by atoms with Gasteiger partial charge in [-0.25, -0.2) is 0 Å². The van der Waals surface area contributed by atoms with Crippen molar-refractivity contribution in [3.8, 4) is 5.75 Å². The zero-order valence-electron chi connectivity index (χ0n) is 17.8. The SMILES string of the molecule is CN=C(NCCOc1ccccc1C(C)C)N1CCN(C(=O)c2ccco2)CC1.I. The Bertz CT molecular complexity index is 816. The number of rotatable bonds is 6. The minimum atomic E-state index is -0.0604. The molecule has 0 bridgehead atoms. The van der Waals surface area contributed by atoms with Crippen molar-refractivity contribution in [3.05, 3.63) is 54.0 Å². The van der Waals surface area contributed by atoms with Crippen molar-refractivity contribution < 1.29 is 13.9 Å². The monoisotopic (exact) mass is 526 g/mol. The lowest BCUT2D eigenvalue weighted by Crippen LogP contribution is -2.54. The molecule has 3 rings (SSSR count). The first-order valence-electron chi connectivity index (χ1n) is 10.1. The van der Waals surface area contributed by atoms with Gasteiger partial charge in [0, 0.05) is 33.2 Å². The fourth-order valence-electron chi connectivity index (χ4n) is 3.42. The normalized spacial score (nSPS) is 14.5. The summed E-state index contributed by atoms with van der Waals surface area (Å²) in [5.41, 5.74) is 1.22. The summed E-state index contributed by atoms with van der Waals surface area (Å²) in [7, 11) is 1.78. The molecule has 1 aromatic carbocycles. The van der Waals surface area contributed by atoms with E-state index in [0.29, 0.717) is 37.9 Å². The third-order valence-corrected chi connectivity index (χ3v) is 4.99. The van der Waals surface area contributed by atoms with Crippen molar-refractivity contribution in [1.29, 1.82) is 0 Å². The van der Waals surface area contributed by atoms with Crippen LogP contribution in [0.2, 0.25) is 0 Å². The Kier molecular flexibility index (Phi) is 9.48.